The van der Waals surface area contributed by atoms with E-state index in [2.05, 4.69) is 30.7 Å². The van der Waals surface area contributed by atoms with E-state index in [1.807, 2.05) is 37.1 Å². The molecular formula is C17H22N6O. The second-order valence-corrected chi connectivity index (χ2v) is 6.55. The van der Waals surface area contributed by atoms with Gasteiger partial charge in [0, 0.05) is 50.1 Å². The van der Waals surface area contributed by atoms with Crippen molar-refractivity contribution >= 4 is 0 Å². The minimum Gasteiger partial charge on any atom is -0.472 e. The van der Waals surface area contributed by atoms with E-state index in [1.165, 1.54) is 5.56 Å². The molecule has 4 heterocycles. The van der Waals surface area contributed by atoms with Gasteiger partial charge in [-0.2, -0.15) is 5.10 Å². The Morgan fingerprint density at radius 2 is 2.21 bits per heavy atom. The van der Waals surface area contributed by atoms with Crippen molar-refractivity contribution in [2.45, 2.75) is 40.0 Å². The Balaban J connectivity index is 1.55. The highest BCUT2D eigenvalue weighted by atomic mass is 16.3. The molecule has 1 aliphatic heterocycles. The van der Waals surface area contributed by atoms with Crippen LogP contribution in [0.4, 0.5) is 0 Å². The van der Waals surface area contributed by atoms with Crippen LogP contribution in [0.25, 0.3) is 0 Å². The van der Waals surface area contributed by atoms with Crippen molar-refractivity contribution in [3.8, 4) is 0 Å². The lowest BCUT2D eigenvalue weighted by molar-refractivity contribution is 0.204. The van der Waals surface area contributed by atoms with Gasteiger partial charge in [-0.3, -0.25) is 4.90 Å². The molecule has 0 amide bonds. The third kappa shape index (κ3) is 3.12. The molecule has 3 aromatic heterocycles. The van der Waals surface area contributed by atoms with E-state index < -0.39 is 0 Å². The maximum absolute atomic E-state index is 5.21. The third-order valence-electron chi connectivity index (χ3n) is 4.52. The molecule has 0 aliphatic carbocycles. The maximum atomic E-state index is 5.21. The van der Waals surface area contributed by atoms with Gasteiger partial charge >= 0.3 is 0 Å². The van der Waals surface area contributed by atoms with Gasteiger partial charge in [0.05, 0.1) is 19.1 Å². The highest BCUT2D eigenvalue weighted by Crippen LogP contribution is 2.19. The summed E-state index contributed by atoms with van der Waals surface area (Å²) in [5.74, 6) is 3.38. The molecule has 24 heavy (non-hydrogen) atoms. The number of imidazole rings is 1. The van der Waals surface area contributed by atoms with Crippen LogP contribution in [0.3, 0.4) is 0 Å². The molecule has 0 bridgehead atoms. The first-order valence-corrected chi connectivity index (χ1v) is 8.29. The standard InChI is InChI=1S/C17H22N6O/c1-13-19-14(2)23(20-13)10-16-8-21(7-15-3-6-24-12-15)11-17-18-4-5-22(17)9-16/h3-6,12,16H,7-11H2,1-2H3/t16-/m1/s1. The predicted octanol–water partition coefficient (Wildman–Crippen LogP) is 2.02. The monoisotopic (exact) mass is 326 g/mol. The molecule has 4 rings (SSSR count). The van der Waals surface area contributed by atoms with Crippen LogP contribution in [0.15, 0.2) is 35.4 Å². The number of rotatable bonds is 4. The van der Waals surface area contributed by atoms with Crippen LogP contribution in [-0.4, -0.2) is 35.8 Å². The average Bonchev–Trinajstić information content (AvgIpc) is 3.22. The zero-order valence-electron chi connectivity index (χ0n) is 14.1. The van der Waals surface area contributed by atoms with Gasteiger partial charge in [-0.25, -0.2) is 14.6 Å². The molecular weight excluding hydrogens is 304 g/mol. The van der Waals surface area contributed by atoms with Crippen LogP contribution >= 0.6 is 0 Å². The van der Waals surface area contributed by atoms with Gasteiger partial charge < -0.3 is 8.98 Å². The Bertz CT molecular complexity index is 803. The fraction of sp³-hybridized carbons (Fsp3) is 0.471. The smallest absolute Gasteiger partial charge is 0.147 e. The first-order chi connectivity index (χ1) is 11.7. The minimum atomic E-state index is 0.451. The summed E-state index contributed by atoms with van der Waals surface area (Å²) in [6.07, 6.45) is 7.51. The summed E-state index contributed by atoms with van der Waals surface area (Å²) in [5, 5.41) is 4.53. The van der Waals surface area contributed by atoms with Crippen molar-refractivity contribution in [2.75, 3.05) is 6.54 Å². The second-order valence-electron chi connectivity index (χ2n) is 6.55. The van der Waals surface area contributed by atoms with E-state index in [4.69, 9.17) is 4.42 Å². The Hall–Kier alpha value is -2.41. The molecule has 7 nitrogen and oxygen atoms in total. The second kappa shape index (κ2) is 6.24. The summed E-state index contributed by atoms with van der Waals surface area (Å²) in [6.45, 7) is 8.49. The lowest BCUT2D eigenvalue weighted by atomic mass is 10.1. The van der Waals surface area contributed by atoms with Crippen molar-refractivity contribution in [1.29, 1.82) is 0 Å². The van der Waals surface area contributed by atoms with Crippen molar-refractivity contribution in [3.05, 3.63) is 54.0 Å². The number of nitrogens with zero attached hydrogens (tertiary/aromatic N) is 6. The van der Waals surface area contributed by atoms with E-state index >= 15 is 0 Å². The van der Waals surface area contributed by atoms with E-state index in [9.17, 15) is 0 Å². The number of aryl methyl sites for hydroxylation is 2. The van der Waals surface area contributed by atoms with Crippen LogP contribution < -0.4 is 0 Å². The van der Waals surface area contributed by atoms with Crippen molar-refractivity contribution in [3.63, 3.8) is 0 Å². The molecule has 0 spiro atoms. The fourth-order valence-corrected chi connectivity index (χ4v) is 3.48. The first-order valence-electron chi connectivity index (χ1n) is 8.29. The maximum Gasteiger partial charge on any atom is 0.147 e. The molecule has 1 aliphatic rings. The Kier molecular flexibility index (Phi) is 3.93. The number of fused-ring (bicyclic) bond motifs is 1. The molecule has 0 N–H and O–H groups in total. The summed E-state index contributed by atoms with van der Waals surface area (Å²) >= 11 is 0. The molecule has 0 fully saturated rings. The molecule has 126 valence electrons. The molecule has 0 saturated carbocycles. The van der Waals surface area contributed by atoms with Gasteiger partial charge in [0.25, 0.3) is 0 Å². The summed E-state index contributed by atoms with van der Waals surface area (Å²) in [7, 11) is 0. The normalized spacial score (nSPS) is 18.5. The zero-order valence-corrected chi connectivity index (χ0v) is 14.1. The number of furan rings is 1. The third-order valence-corrected chi connectivity index (χ3v) is 4.52. The lowest BCUT2D eigenvalue weighted by Crippen LogP contribution is -2.30. The quantitative estimate of drug-likeness (QED) is 0.734. The van der Waals surface area contributed by atoms with Crippen LogP contribution in [0, 0.1) is 19.8 Å². The SMILES string of the molecule is Cc1nc(C)n(C[C@@H]2CN(Cc3ccoc3)Cc3nccn3C2)n1. The van der Waals surface area contributed by atoms with E-state index in [1.54, 1.807) is 6.26 Å². The van der Waals surface area contributed by atoms with Gasteiger partial charge in [-0.05, 0) is 19.9 Å². The number of aromatic nitrogens is 5. The van der Waals surface area contributed by atoms with E-state index in [0.29, 0.717) is 5.92 Å². The molecule has 0 aromatic carbocycles. The largest absolute Gasteiger partial charge is 0.472 e. The molecule has 0 unspecified atom stereocenters. The topological polar surface area (TPSA) is 64.9 Å². The average molecular weight is 326 g/mol. The van der Waals surface area contributed by atoms with Gasteiger partial charge in [0.2, 0.25) is 0 Å². The van der Waals surface area contributed by atoms with Gasteiger partial charge in [0.1, 0.15) is 17.5 Å². The Labute approximate surface area is 140 Å². The van der Waals surface area contributed by atoms with Crippen molar-refractivity contribution in [1.82, 2.24) is 29.2 Å². The van der Waals surface area contributed by atoms with Crippen molar-refractivity contribution in [2.24, 2.45) is 5.92 Å². The van der Waals surface area contributed by atoms with E-state index in [0.717, 1.165) is 50.2 Å². The molecule has 3 aromatic rings. The molecule has 1 atom stereocenters. The summed E-state index contributed by atoms with van der Waals surface area (Å²) in [4.78, 5) is 11.4. The van der Waals surface area contributed by atoms with Crippen molar-refractivity contribution < 1.29 is 4.42 Å². The molecule has 0 radical (unpaired) electrons. The van der Waals surface area contributed by atoms with Gasteiger partial charge in [-0.1, -0.05) is 0 Å². The number of hydrogen-bond donors (Lipinski definition) is 0. The Morgan fingerprint density at radius 1 is 1.29 bits per heavy atom. The van der Waals surface area contributed by atoms with Crippen LogP contribution in [0.5, 0.6) is 0 Å². The predicted molar refractivity (Wildman–Crippen MR) is 88.0 cm³/mol. The molecule has 0 saturated heterocycles. The number of hydrogen-bond acceptors (Lipinski definition) is 5. The Morgan fingerprint density at radius 3 is 2.96 bits per heavy atom. The summed E-state index contributed by atoms with van der Waals surface area (Å²) in [6, 6.07) is 2.03. The van der Waals surface area contributed by atoms with E-state index in [-0.39, 0.29) is 0 Å². The summed E-state index contributed by atoms with van der Waals surface area (Å²) in [5.41, 5.74) is 1.20. The zero-order chi connectivity index (χ0) is 16.5. The van der Waals surface area contributed by atoms with Crippen LogP contribution in [0.1, 0.15) is 23.0 Å². The fourth-order valence-electron chi connectivity index (χ4n) is 3.48. The lowest BCUT2D eigenvalue weighted by Gasteiger charge is -2.23. The highest BCUT2D eigenvalue weighted by Gasteiger charge is 2.24. The van der Waals surface area contributed by atoms with Gasteiger partial charge in [0.15, 0.2) is 0 Å². The van der Waals surface area contributed by atoms with Gasteiger partial charge in [-0.15, -0.1) is 0 Å². The van der Waals surface area contributed by atoms with Crippen LogP contribution in [0.2, 0.25) is 0 Å². The summed E-state index contributed by atoms with van der Waals surface area (Å²) < 4.78 is 9.50. The first kappa shape index (κ1) is 15.1. The minimum absolute atomic E-state index is 0.451. The highest BCUT2D eigenvalue weighted by molar-refractivity contribution is 5.06. The molecule has 7 heteroatoms. The van der Waals surface area contributed by atoms with Crippen LogP contribution in [-0.2, 0) is 26.2 Å².